The summed E-state index contributed by atoms with van der Waals surface area (Å²) in [6.45, 7) is 8.69. The fourth-order valence-corrected chi connectivity index (χ4v) is 14.2. The lowest BCUT2D eigenvalue weighted by Gasteiger charge is -2.51. The molecule has 0 spiro atoms. The molecule has 0 aromatic rings. The molecule has 0 bridgehead atoms. The van der Waals surface area contributed by atoms with Gasteiger partial charge in [0.2, 0.25) is 5.79 Å². The van der Waals surface area contributed by atoms with Crippen molar-refractivity contribution in [3.63, 3.8) is 0 Å². The van der Waals surface area contributed by atoms with Crippen molar-refractivity contribution in [2.45, 2.75) is 246 Å². The van der Waals surface area contributed by atoms with Crippen molar-refractivity contribution in [1.29, 1.82) is 0 Å². The van der Waals surface area contributed by atoms with Crippen LogP contribution in [-0.4, -0.2) is 236 Å². The van der Waals surface area contributed by atoms with Crippen LogP contribution in [0.2, 0.25) is 0 Å². The van der Waals surface area contributed by atoms with Crippen LogP contribution in [0.4, 0.5) is 0 Å². The Bertz CT molecular complexity index is 2100. The number of carbonyl (C=O) groups excluding carboxylic acids is 1. The first kappa shape index (κ1) is 59.1. The van der Waals surface area contributed by atoms with Gasteiger partial charge in [0.25, 0.3) is 0 Å². The molecule has 10 aliphatic rings. The van der Waals surface area contributed by atoms with Crippen LogP contribution in [0.5, 0.6) is 0 Å². The first-order valence-corrected chi connectivity index (χ1v) is 28.0. The number of hydrogen-bond donors (Lipinski definition) is 7. The Labute approximate surface area is 454 Å². The van der Waals surface area contributed by atoms with E-state index in [1.54, 1.807) is 21.1 Å². The second kappa shape index (κ2) is 24.2. The fraction of sp³-hybridized carbons (Fsp3) is 0.907. The molecular formula is C54H84O24. The van der Waals surface area contributed by atoms with E-state index in [9.17, 15) is 40.5 Å². The summed E-state index contributed by atoms with van der Waals surface area (Å²) in [6.07, 6.45) is -13.9. The summed E-state index contributed by atoms with van der Waals surface area (Å²) in [5.41, 5.74) is 2.33. The zero-order valence-electron chi connectivity index (χ0n) is 45.8. The molecule has 2 aliphatic carbocycles. The highest BCUT2D eigenvalue weighted by Crippen LogP contribution is 2.57. The summed E-state index contributed by atoms with van der Waals surface area (Å²) in [6, 6.07) is 0. The van der Waals surface area contributed by atoms with Crippen molar-refractivity contribution in [3.8, 4) is 0 Å². The van der Waals surface area contributed by atoms with E-state index in [1.165, 1.54) is 18.3 Å². The molecule has 444 valence electrons. The molecule has 10 rings (SSSR count). The van der Waals surface area contributed by atoms with E-state index < -0.39 is 148 Å². The molecule has 7 saturated heterocycles. The lowest BCUT2D eigenvalue weighted by atomic mass is 9.55. The van der Waals surface area contributed by atoms with Crippen LogP contribution in [0.25, 0.3) is 0 Å². The summed E-state index contributed by atoms with van der Waals surface area (Å²) in [7, 11) is 4.74. The van der Waals surface area contributed by atoms with Gasteiger partial charge in [-0.05, 0) is 76.2 Å². The number of esters is 1. The molecule has 24 heteroatoms. The highest BCUT2D eigenvalue weighted by molar-refractivity contribution is 5.74. The van der Waals surface area contributed by atoms with Gasteiger partial charge < -0.3 is 112 Å². The largest absolute Gasteiger partial charge is 0.469 e. The third-order valence-corrected chi connectivity index (χ3v) is 18.7. The maximum absolute atomic E-state index is 13.8. The molecule has 8 fully saturated rings. The van der Waals surface area contributed by atoms with Crippen LogP contribution < -0.4 is 0 Å². The molecule has 0 aromatic heterocycles. The van der Waals surface area contributed by atoms with Gasteiger partial charge in [0, 0.05) is 47.5 Å². The predicted octanol–water partition coefficient (Wildman–Crippen LogP) is 0.336. The van der Waals surface area contributed by atoms with Crippen molar-refractivity contribution in [2.75, 3.05) is 41.2 Å². The number of allylic oxidation sites excluding steroid dienone is 1. The molecule has 1 saturated carbocycles. The second-order valence-corrected chi connectivity index (χ2v) is 23.4. The second-order valence-electron chi connectivity index (χ2n) is 23.4. The summed E-state index contributed by atoms with van der Waals surface area (Å²) < 4.78 is 98.6. The Morgan fingerprint density at radius 3 is 1.76 bits per heavy atom. The molecule has 78 heavy (non-hydrogen) atoms. The summed E-state index contributed by atoms with van der Waals surface area (Å²) in [4.78, 5) is 13.8. The van der Waals surface area contributed by atoms with Gasteiger partial charge in [-0.2, -0.15) is 0 Å². The lowest BCUT2D eigenvalue weighted by molar-refractivity contribution is -0.376. The van der Waals surface area contributed by atoms with Crippen molar-refractivity contribution in [2.24, 2.45) is 23.2 Å². The van der Waals surface area contributed by atoms with Gasteiger partial charge in [-0.3, -0.25) is 4.79 Å². The number of aliphatic hydroxyl groups excluding tert-OH is 7. The zero-order chi connectivity index (χ0) is 55.5. The number of aliphatic hydroxyl groups is 7. The van der Waals surface area contributed by atoms with Gasteiger partial charge >= 0.3 is 5.97 Å². The smallest absolute Gasteiger partial charge is 0.309 e. The lowest BCUT2D eigenvalue weighted by Crippen LogP contribution is -2.65. The number of ether oxygens (including phenoxy) is 16. The topological polar surface area (TPSA) is 306 Å². The van der Waals surface area contributed by atoms with Gasteiger partial charge in [0.1, 0.15) is 73.2 Å². The minimum atomic E-state index is -1.80. The van der Waals surface area contributed by atoms with E-state index in [1.807, 2.05) is 27.0 Å². The minimum absolute atomic E-state index is 0.0746. The molecule has 0 amide bonds. The van der Waals surface area contributed by atoms with E-state index in [0.29, 0.717) is 25.9 Å². The van der Waals surface area contributed by atoms with Crippen molar-refractivity contribution in [1.82, 2.24) is 0 Å². The third kappa shape index (κ3) is 11.4. The Morgan fingerprint density at radius 1 is 0.641 bits per heavy atom. The first-order chi connectivity index (χ1) is 37.3. The number of methoxy groups -OCH3 is 3. The van der Waals surface area contributed by atoms with E-state index >= 15 is 0 Å². The first-order valence-electron chi connectivity index (χ1n) is 28.0. The van der Waals surface area contributed by atoms with Gasteiger partial charge in [-0.1, -0.05) is 18.6 Å². The molecular weight excluding hydrogens is 1030 g/mol. The minimum Gasteiger partial charge on any atom is -0.469 e. The monoisotopic (exact) mass is 1120 g/mol. The average molecular weight is 1120 g/mol. The summed E-state index contributed by atoms with van der Waals surface area (Å²) in [5.74, 6) is -1.08. The highest BCUT2D eigenvalue weighted by atomic mass is 16.8. The third-order valence-electron chi connectivity index (χ3n) is 18.7. The predicted molar refractivity (Wildman–Crippen MR) is 263 cm³/mol. The number of hydrogen-bond acceptors (Lipinski definition) is 24. The molecule has 8 heterocycles. The van der Waals surface area contributed by atoms with E-state index in [-0.39, 0.29) is 53.9 Å². The van der Waals surface area contributed by atoms with Crippen molar-refractivity contribution >= 4 is 5.97 Å². The van der Waals surface area contributed by atoms with Crippen LogP contribution in [0, 0.1) is 23.2 Å². The van der Waals surface area contributed by atoms with Crippen LogP contribution >= 0.6 is 0 Å². The number of rotatable bonds is 15. The SMILES string of the molecule is COC1CC(OC2CCC3(C)C(=CCC4C(=O)OC5COC6(C)OC=C(CCC43)C56)C2)OC(C)C1OC1CC(OC)C(OC2CC(OC)C(OC3OC(CO)C(OC4OC(CO)C(O)C(O)C4O)C(O)C3O)C(C)O2)C(C)O1. The van der Waals surface area contributed by atoms with Gasteiger partial charge in [0.15, 0.2) is 31.5 Å². The molecule has 8 aliphatic heterocycles. The van der Waals surface area contributed by atoms with Gasteiger partial charge in [-0.15, -0.1) is 0 Å². The van der Waals surface area contributed by atoms with Gasteiger partial charge in [-0.25, -0.2) is 0 Å². The Kier molecular flexibility index (Phi) is 18.4. The standard InChI is InChI=1S/C54H84O24/c1-23-46(31(63-6)16-37(68-23)71-28-13-14-53(4)27(15-28)10-11-29-30(53)12-9-26-21-66-54(5)40(26)36(22-67-54)72-50(29)62)75-38-17-32(64-7)47(24(2)69-38)76-39-18-33(65-8)48(25(3)70-39)77-52-45(61)43(59)49(35(20-56)74-52)78-51-44(60)42(58)41(57)34(19-55)73-51/h10,21,23-25,28-49,51-52,55-61H,9,11-20,22H2,1-8H3. The van der Waals surface area contributed by atoms with Crippen LogP contribution in [0.3, 0.4) is 0 Å². The van der Waals surface area contributed by atoms with Crippen molar-refractivity contribution in [3.05, 3.63) is 23.5 Å². The number of carbonyl (C=O) groups is 1. The average Bonchev–Trinajstić information content (AvgIpc) is 4.16. The summed E-state index contributed by atoms with van der Waals surface area (Å²) in [5, 5.41) is 73.2. The quantitative estimate of drug-likeness (QED) is 0.0859. The van der Waals surface area contributed by atoms with E-state index in [2.05, 4.69) is 13.0 Å². The number of fused-ring (bicyclic) bond motifs is 3. The van der Waals surface area contributed by atoms with Crippen molar-refractivity contribution < 1.29 is 116 Å². The molecule has 29 atom stereocenters. The normalized spacial score (nSPS) is 51.6. The maximum atomic E-state index is 13.8. The maximum Gasteiger partial charge on any atom is 0.309 e. The Hall–Kier alpha value is -2.09. The molecule has 0 aromatic carbocycles. The highest BCUT2D eigenvalue weighted by Gasteiger charge is 2.59. The zero-order valence-corrected chi connectivity index (χ0v) is 45.8. The van der Waals surface area contributed by atoms with Crippen LogP contribution in [-0.2, 0) is 80.6 Å². The van der Waals surface area contributed by atoms with Crippen LogP contribution in [0.1, 0.15) is 92.4 Å². The fourth-order valence-electron chi connectivity index (χ4n) is 14.2. The Balaban J connectivity index is 0.700. The molecule has 24 nitrogen and oxygen atoms in total. The van der Waals surface area contributed by atoms with Crippen LogP contribution in [0.15, 0.2) is 23.5 Å². The van der Waals surface area contributed by atoms with Gasteiger partial charge in [0.05, 0.1) is 80.6 Å². The summed E-state index contributed by atoms with van der Waals surface area (Å²) >= 11 is 0. The molecule has 7 N–H and O–H groups in total. The molecule has 0 radical (unpaired) electrons. The Morgan fingerprint density at radius 2 is 1.18 bits per heavy atom. The van der Waals surface area contributed by atoms with E-state index in [0.717, 1.165) is 32.1 Å². The van der Waals surface area contributed by atoms with E-state index in [4.69, 9.17) is 75.8 Å². The molecule has 29 unspecified atom stereocenters.